The molecule has 1 aromatic heterocycles. The van der Waals surface area contributed by atoms with Crippen LogP contribution in [0.1, 0.15) is 24.8 Å². The fourth-order valence-corrected chi connectivity index (χ4v) is 3.71. The molecular formula is C18H28N4O2. The Kier molecular flexibility index (Phi) is 5.81. The second-order valence-electron chi connectivity index (χ2n) is 6.96. The molecule has 0 saturated carbocycles. The van der Waals surface area contributed by atoms with Crippen molar-refractivity contribution in [2.24, 2.45) is 0 Å². The van der Waals surface area contributed by atoms with Gasteiger partial charge >= 0.3 is 0 Å². The first kappa shape index (κ1) is 17.3. The molecule has 2 aliphatic heterocycles. The van der Waals surface area contributed by atoms with Gasteiger partial charge in [-0.2, -0.15) is 0 Å². The Hall–Kier alpha value is -1.50. The highest BCUT2D eigenvalue weighted by Crippen LogP contribution is 2.19. The van der Waals surface area contributed by atoms with Gasteiger partial charge < -0.3 is 10.1 Å². The molecule has 24 heavy (non-hydrogen) atoms. The van der Waals surface area contributed by atoms with E-state index in [2.05, 4.69) is 32.2 Å². The minimum Gasteiger partial charge on any atom is -0.380 e. The van der Waals surface area contributed by atoms with Crippen LogP contribution in [0.25, 0.3) is 0 Å². The van der Waals surface area contributed by atoms with Crippen molar-refractivity contribution in [3.8, 4) is 0 Å². The van der Waals surface area contributed by atoms with Gasteiger partial charge in [0.2, 0.25) is 5.91 Å². The van der Waals surface area contributed by atoms with Crippen molar-refractivity contribution in [1.82, 2.24) is 20.1 Å². The average molecular weight is 332 g/mol. The molecule has 0 unspecified atom stereocenters. The molecule has 3 rings (SSSR count). The number of likely N-dealkylation sites (N-methyl/N-ethyl adjacent to an activating group) is 1. The highest BCUT2D eigenvalue weighted by molar-refractivity contribution is 5.82. The monoisotopic (exact) mass is 332 g/mol. The van der Waals surface area contributed by atoms with E-state index in [1.54, 1.807) is 7.11 Å². The molecule has 0 aliphatic carbocycles. The van der Waals surface area contributed by atoms with E-state index >= 15 is 0 Å². The number of piperidine rings is 1. The number of likely N-dealkylation sites (tertiary alicyclic amines) is 2. The zero-order valence-corrected chi connectivity index (χ0v) is 14.6. The molecule has 1 amide bonds. The van der Waals surface area contributed by atoms with E-state index in [0.29, 0.717) is 6.04 Å². The van der Waals surface area contributed by atoms with Crippen molar-refractivity contribution in [3.63, 3.8) is 0 Å². The molecule has 0 bridgehead atoms. The zero-order chi connectivity index (χ0) is 16.9. The topological polar surface area (TPSA) is 57.7 Å². The number of ether oxygens (including phenoxy) is 1. The van der Waals surface area contributed by atoms with Gasteiger partial charge in [0.15, 0.2) is 0 Å². The summed E-state index contributed by atoms with van der Waals surface area (Å²) in [5.41, 5.74) is 1.30. The minimum absolute atomic E-state index is 0.0511. The van der Waals surface area contributed by atoms with Crippen molar-refractivity contribution in [3.05, 3.63) is 30.1 Å². The molecule has 1 aromatic rings. The molecule has 2 fully saturated rings. The highest BCUT2D eigenvalue weighted by Gasteiger charge is 2.35. The van der Waals surface area contributed by atoms with Gasteiger partial charge in [-0.3, -0.25) is 19.6 Å². The number of hydrogen-bond donors (Lipinski definition) is 1. The Morgan fingerprint density at radius 3 is 2.67 bits per heavy atom. The molecule has 2 saturated heterocycles. The van der Waals surface area contributed by atoms with Crippen LogP contribution >= 0.6 is 0 Å². The van der Waals surface area contributed by atoms with Crippen LogP contribution in [0, 0.1) is 0 Å². The zero-order valence-electron chi connectivity index (χ0n) is 14.6. The molecule has 3 heterocycles. The van der Waals surface area contributed by atoms with E-state index in [-0.39, 0.29) is 18.1 Å². The second-order valence-corrected chi connectivity index (χ2v) is 6.96. The smallest absolute Gasteiger partial charge is 0.237 e. The Morgan fingerprint density at radius 1 is 1.33 bits per heavy atom. The summed E-state index contributed by atoms with van der Waals surface area (Å²) >= 11 is 0. The van der Waals surface area contributed by atoms with E-state index in [1.165, 1.54) is 5.56 Å². The van der Waals surface area contributed by atoms with Gasteiger partial charge in [0, 0.05) is 51.7 Å². The number of carbonyl (C=O) groups excluding carboxylic acids is 1. The number of nitrogens with one attached hydrogen (secondary N) is 1. The van der Waals surface area contributed by atoms with Crippen molar-refractivity contribution >= 4 is 5.91 Å². The van der Waals surface area contributed by atoms with Crippen LogP contribution in [0.2, 0.25) is 0 Å². The van der Waals surface area contributed by atoms with Gasteiger partial charge in [-0.05, 0) is 44.0 Å². The number of carbonyl (C=O) groups is 1. The lowest BCUT2D eigenvalue weighted by Crippen LogP contribution is -2.49. The van der Waals surface area contributed by atoms with Crippen LogP contribution in [-0.4, -0.2) is 72.7 Å². The fourth-order valence-electron chi connectivity index (χ4n) is 3.71. The molecule has 2 aliphatic rings. The molecule has 0 aromatic carbocycles. The summed E-state index contributed by atoms with van der Waals surface area (Å²) < 4.78 is 5.39. The number of methoxy groups -OCH3 is 1. The summed E-state index contributed by atoms with van der Waals surface area (Å²) in [7, 11) is 3.72. The van der Waals surface area contributed by atoms with E-state index < -0.39 is 0 Å². The third-order valence-corrected chi connectivity index (χ3v) is 5.24. The molecule has 0 spiro atoms. The van der Waals surface area contributed by atoms with Gasteiger partial charge in [0.25, 0.3) is 0 Å². The van der Waals surface area contributed by atoms with Gasteiger partial charge in [0.05, 0.1) is 12.1 Å². The Labute approximate surface area is 144 Å². The summed E-state index contributed by atoms with van der Waals surface area (Å²) in [6, 6.07) is 4.37. The van der Waals surface area contributed by atoms with Crippen molar-refractivity contribution in [1.29, 1.82) is 0 Å². The van der Waals surface area contributed by atoms with Gasteiger partial charge in [-0.15, -0.1) is 0 Å². The van der Waals surface area contributed by atoms with Crippen LogP contribution in [-0.2, 0) is 16.1 Å². The van der Waals surface area contributed by atoms with E-state index in [1.807, 2.05) is 19.4 Å². The maximum absolute atomic E-state index is 12.5. The molecule has 6 nitrogen and oxygen atoms in total. The number of nitrogens with zero attached hydrogens (tertiary/aromatic N) is 3. The lowest BCUT2D eigenvalue weighted by atomic mass is 10.0. The number of rotatable bonds is 5. The normalized spacial score (nSPS) is 26.6. The molecule has 2 atom stereocenters. The molecular weight excluding hydrogens is 304 g/mol. The van der Waals surface area contributed by atoms with Gasteiger partial charge in [-0.1, -0.05) is 0 Å². The van der Waals surface area contributed by atoms with Gasteiger partial charge in [0.1, 0.15) is 0 Å². The first-order chi connectivity index (χ1) is 11.7. The molecule has 1 N–H and O–H groups in total. The van der Waals surface area contributed by atoms with E-state index in [9.17, 15) is 4.79 Å². The largest absolute Gasteiger partial charge is 0.380 e. The predicted octanol–water partition coefficient (Wildman–Crippen LogP) is 0.881. The van der Waals surface area contributed by atoms with Crippen LogP contribution in [0.15, 0.2) is 24.5 Å². The van der Waals surface area contributed by atoms with Crippen molar-refractivity contribution in [2.45, 2.75) is 44.0 Å². The number of pyridine rings is 1. The third-order valence-electron chi connectivity index (χ3n) is 5.24. The van der Waals surface area contributed by atoms with Crippen molar-refractivity contribution in [2.75, 3.05) is 33.8 Å². The molecule has 0 radical (unpaired) electrons. The molecule has 6 heteroatoms. The minimum atomic E-state index is -0.0511. The maximum atomic E-state index is 12.5. The summed E-state index contributed by atoms with van der Waals surface area (Å²) in [6.45, 7) is 3.84. The Bertz CT molecular complexity index is 531. The average Bonchev–Trinajstić information content (AvgIpc) is 2.99. The number of hydrogen-bond acceptors (Lipinski definition) is 5. The fraction of sp³-hybridized carbons (Fsp3) is 0.667. The number of aromatic nitrogens is 1. The number of amides is 1. The first-order valence-electron chi connectivity index (χ1n) is 8.80. The first-order valence-corrected chi connectivity index (χ1v) is 8.80. The SMILES string of the molecule is CO[C@H]1C[C@@H](C(=O)NC2CCN(Cc3ccncc3)CC2)N(C)C1. The third kappa shape index (κ3) is 4.32. The summed E-state index contributed by atoms with van der Waals surface area (Å²) in [5, 5.41) is 3.25. The summed E-state index contributed by atoms with van der Waals surface area (Å²) in [6.07, 6.45) is 6.68. The Balaban J connectivity index is 1.43. The quantitative estimate of drug-likeness (QED) is 0.867. The highest BCUT2D eigenvalue weighted by atomic mass is 16.5. The lowest BCUT2D eigenvalue weighted by molar-refractivity contribution is -0.126. The summed E-state index contributed by atoms with van der Waals surface area (Å²) in [4.78, 5) is 21.1. The van der Waals surface area contributed by atoms with Crippen LogP contribution in [0.3, 0.4) is 0 Å². The van der Waals surface area contributed by atoms with Crippen LogP contribution in [0.5, 0.6) is 0 Å². The van der Waals surface area contributed by atoms with Gasteiger partial charge in [-0.25, -0.2) is 0 Å². The van der Waals surface area contributed by atoms with Crippen molar-refractivity contribution < 1.29 is 9.53 Å². The standard InChI is InChI=1S/C18H28N4O2/c1-21-13-16(24-2)11-17(21)18(23)20-15-5-9-22(10-6-15)12-14-3-7-19-8-4-14/h3-4,7-8,15-17H,5-6,9-13H2,1-2H3,(H,20,23)/t16-,17-/m0/s1. The lowest BCUT2D eigenvalue weighted by Gasteiger charge is -2.33. The summed E-state index contributed by atoms with van der Waals surface area (Å²) in [5.74, 6) is 0.157. The second kappa shape index (κ2) is 8.05. The van der Waals surface area contributed by atoms with Crippen LogP contribution in [0.4, 0.5) is 0 Å². The van der Waals surface area contributed by atoms with E-state index in [0.717, 1.165) is 45.4 Å². The maximum Gasteiger partial charge on any atom is 0.237 e. The van der Waals surface area contributed by atoms with Crippen LogP contribution < -0.4 is 5.32 Å². The predicted molar refractivity (Wildman–Crippen MR) is 92.5 cm³/mol. The Morgan fingerprint density at radius 2 is 2.04 bits per heavy atom. The van der Waals surface area contributed by atoms with E-state index in [4.69, 9.17) is 4.74 Å². The molecule has 132 valence electrons.